The first kappa shape index (κ1) is 13.4. The van der Waals surface area contributed by atoms with Crippen molar-refractivity contribution in [3.8, 4) is 11.3 Å². The van der Waals surface area contributed by atoms with Gasteiger partial charge in [-0.3, -0.25) is 0 Å². The van der Waals surface area contributed by atoms with E-state index >= 15 is 0 Å². The predicted molar refractivity (Wildman–Crippen MR) is 83.6 cm³/mol. The summed E-state index contributed by atoms with van der Waals surface area (Å²) >= 11 is 0. The van der Waals surface area contributed by atoms with Crippen LogP contribution in [0.1, 0.15) is 49.1 Å². The van der Waals surface area contributed by atoms with Crippen LogP contribution in [0.4, 0.5) is 0 Å². The van der Waals surface area contributed by atoms with Gasteiger partial charge in [0.05, 0.1) is 0 Å². The van der Waals surface area contributed by atoms with E-state index in [1.54, 1.807) is 0 Å². The number of pyridine rings is 1. The van der Waals surface area contributed by atoms with Gasteiger partial charge in [-0.15, -0.1) is 0 Å². The van der Waals surface area contributed by atoms with E-state index in [-0.39, 0.29) is 0 Å². The van der Waals surface area contributed by atoms with Gasteiger partial charge in [-0.2, -0.15) is 0 Å². The first-order valence-corrected chi connectivity index (χ1v) is 7.81. The average molecular weight is 266 g/mol. The third kappa shape index (κ3) is 2.63. The minimum absolute atomic E-state index is 0.775. The van der Waals surface area contributed by atoms with Gasteiger partial charge in [0, 0.05) is 17.7 Å². The second-order valence-corrected chi connectivity index (χ2v) is 6.11. The lowest BCUT2D eigenvalue weighted by molar-refractivity contribution is -0.660. The summed E-state index contributed by atoms with van der Waals surface area (Å²) in [5.74, 6) is 0.775. The van der Waals surface area contributed by atoms with Gasteiger partial charge in [-0.25, -0.2) is 4.57 Å². The van der Waals surface area contributed by atoms with Crippen molar-refractivity contribution in [2.45, 2.75) is 44.9 Å². The maximum atomic E-state index is 2.43. The molecular formula is C19H24N+. The van der Waals surface area contributed by atoms with Crippen molar-refractivity contribution in [1.82, 2.24) is 0 Å². The summed E-state index contributed by atoms with van der Waals surface area (Å²) in [4.78, 5) is 0. The van der Waals surface area contributed by atoms with Gasteiger partial charge in [0.1, 0.15) is 7.05 Å². The summed E-state index contributed by atoms with van der Waals surface area (Å²) < 4.78 is 2.22. The summed E-state index contributed by atoms with van der Waals surface area (Å²) in [6.07, 6.45) is 9.07. The molecule has 0 unspecified atom stereocenters. The highest BCUT2D eigenvalue weighted by Crippen LogP contribution is 2.34. The van der Waals surface area contributed by atoms with Crippen LogP contribution in [-0.4, -0.2) is 0 Å². The van der Waals surface area contributed by atoms with Gasteiger partial charge >= 0.3 is 0 Å². The topological polar surface area (TPSA) is 3.88 Å². The molecular weight excluding hydrogens is 242 g/mol. The minimum Gasteiger partial charge on any atom is -0.201 e. The normalized spacial score (nSPS) is 16.3. The van der Waals surface area contributed by atoms with Gasteiger partial charge in [-0.05, 0) is 48.9 Å². The Morgan fingerprint density at radius 3 is 2.55 bits per heavy atom. The van der Waals surface area contributed by atoms with Crippen LogP contribution in [0.15, 0.2) is 42.6 Å². The van der Waals surface area contributed by atoms with Gasteiger partial charge in [0.2, 0.25) is 5.69 Å². The smallest absolute Gasteiger partial charge is 0.201 e. The lowest BCUT2D eigenvalue weighted by Crippen LogP contribution is -2.30. The Hall–Kier alpha value is -1.63. The van der Waals surface area contributed by atoms with E-state index in [0.717, 1.165) is 5.92 Å². The van der Waals surface area contributed by atoms with E-state index in [0.29, 0.717) is 0 Å². The van der Waals surface area contributed by atoms with E-state index in [1.807, 2.05) is 0 Å². The zero-order valence-electron chi connectivity index (χ0n) is 12.6. The van der Waals surface area contributed by atoms with Gasteiger partial charge in [0.15, 0.2) is 6.20 Å². The SMILES string of the molecule is Cc1ccc(C2CCCCC2)cc1-c1cccc[n+]1C. The van der Waals surface area contributed by atoms with Crippen LogP contribution in [0, 0.1) is 6.92 Å². The molecule has 0 aliphatic heterocycles. The molecule has 1 aliphatic carbocycles. The van der Waals surface area contributed by atoms with Crippen molar-refractivity contribution < 1.29 is 4.57 Å². The molecule has 3 rings (SSSR count). The van der Waals surface area contributed by atoms with Crippen molar-refractivity contribution in [2.24, 2.45) is 7.05 Å². The van der Waals surface area contributed by atoms with Crippen LogP contribution < -0.4 is 4.57 Å². The number of rotatable bonds is 2. The molecule has 1 saturated carbocycles. The summed E-state index contributed by atoms with van der Waals surface area (Å²) in [6.45, 7) is 2.22. The Labute approximate surface area is 122 Å². The minimum atomic E-state index is 0.775. The number of aryl methyl sites for hydroxylation is 2. The average Bonchev–Trinajstić information content (AvgIpc) is 2.49. The van der Waals surface area contributed by atoms with Crippen LogP contribution in [-0.2, 0) is 7.05 Å². The molecule has 2 aromatic rings. The molecule has 1 aromatic carbocycles. The van der Waals surface area contributed by atoms with Crippen LogP contribution in [0.3, 0.4) is 0 Å². The zero-order valence-corrected chi connectivity index (χ0v) is 12.6. The largest absolute Gasteiger partial charge is 0.212 e. The molecule has 1 aromatic heterocycles. The maximum Gasteiger partial charge on any atom is 0.212 e. The Balaban J connectivity index is 2.00. The third-order valence-electron chi connectivity index (χ3n) is 4.67. The fraction of sp³-hybridized carbons (Fsp3) is 0.421. The van der Waals surface area contributed by atoms with Crippen LogP contribution in [0.5, 0.6) is 0 Å². The highest BCUT2D eigenvalue weighted by Gasteiger charge is 2.18. The molecule has 0 bridgehead atoms. The Morgan fingerprint density at radius 2 is 1.80 bits per heavy atom. The second kappa shape index (κ2) is 5.78. The summed E-state index contributed by atoms with van der Waals surface area (Å²) in [6, 6.07) is 13.5. The molecule has 1 heteroatoms. The molecule has 0 N–H and O–H groups in total. The summed E-state index contributed by atoms with van der Waals surface area (Å²) in [5.41, 5.74) is 5.60. The quantitative estimate of drug-likeness (QED) is 0.703. The Kier molecular flexibility index (Phi) is 3.86. The van der Waals surface area contributed by atoms with Crippen molar-refractivity contribution in [3.05, 3.63) is 53.7 Å². The second-order valence-electron chi connectivity index (χ2n) is 6.11. The molecule has 0 amide bonds. The molecule has 0 radical (unpaired) electrons. The van der Waals surface area contributed by atoms with E-state index in [4.69, 9.17) is 0 Å². The molecule has 0 saturated heterocycles. The van der Waals surface area contributed by atoms with E-state index < -0.39 is 0 Å². The number of benzene rings is 1. The summed E-state index contributed by atoms with van der Waals surface area (Å²) in [7, 11) is 2.13. The number of hydrogen-bond acceptors (Lipinski definition) is 0. The number of aromatic nitrogens is 1. The van der Waals surface area contributed by atoms with Crippen molar-refractivity contribution >= 4 is 0 Å². The summed E-state index contributed by atoms with van der Waals surface area (Å²) in [5, 5.41) is 0. The lowest BCUT2D eigenvalue weighted by atomic mass is 9.83. The molecule has 1 heterocycles. The third-order valence-corrected chi connectivity index (χ3v) is 4.67. The zero-order chi connectivity index (χ0) is 13.9. The van der Waals surface area contributed by atoms with Crippen molar-refractivity contribution in [1.29, 1.82) is 0 Å². The maximum absolute atomic E-state index is 2.43. The monoisotopic (exact) mass is 266 g/mol. The number of nitrogens with zero attached hydrogens (tertiary/aromatic N) is 1. The van der Waals surface area contributed by atoms with Crippen molar-refractivity contribution in [2.75, 3.05) is 0 Å². The molecule has 0 spiro atoms. The first-order chi connectivity index (χ1) is 9.75. The van der Waals surface area contributed by atoms with Crippen LogP contribution in [0.25, 0.3) is 11.3 Å². The molecule has 0 atom stereocenters. The van der Waals surface area contributed by atoms with E-state index in [9.17, 15) is 0 Å². The molecule has 1 fully saturated rings. The van der Waals surface area contributed by atoms with Crippen LogP contribution in [0.2, 0.25) is 0 Å². The fourth-order valence-corrected chi connectivity index (χ4v) is 3.41. The Morgan fingerprint density at radius 1 is 1.00 bits per heavy atom. The van der Waals surface area contributed by atoms with Gasteiger partial charge in [0.25, 0.3) is 0 Å². The molecule has 1 nitrogen and oxygen atoms in total. The molecule has 1 aliphatic rings. The standard InChI is InChI=1S/C19H24N/c1-15-11-12-17(16-8-4-3-5-9-16)14-18(15)19-10-6-7-13-20(19)2/h6-7,10-14,16H,3-5,8-9H2,1-2H3/q+1. The van der Waals surface area contributed by atoms with Crippen molar-refractivity contribution in [3.63, 3.8) is 0 Å². The highest BCUT2D eigenvalue weighted by atomic mass is 14.9. The lowest BCUT2D eigenvalue weighted by Gasteiger charge is -2.22. The Bertz CT molecular complexity index is 594. The van der Waals surface area contributed by atoms with Crippen LogP contribution >= 0.6 is 0 Å². The highest BCUT2D eigenvalue weighted by molar-refractivity contribution is 5.62. The predicted octanol–water partition coefficient (Wildman–Crippen LogP) is 4.53. The first-order valence-electron chi connectivity index (χ1n) is 7.81. The van der Waals surface area contributed by atoms with E-state index in [1.165, 1.54) is 54.5 Å². The molecule has 20 heavy (non-hydrogen) atoms. The van der Waals surface area contributed by atoms with Gasteiger partial charge in [-0.1, -0.05) is 31.4 Å². The fourth-order valence-electron chi connectivity index (χ4n) is 3.41. The molecule has 104 valence electrons. The number of hydrogen-bond donors (Lipinski definition) is 0. The van der Waals surface area contributed by atoms with Gasteiger partial charge < -0.3 is 0 Å². The van der Waals surface area contributed by atoms with E-state index in [2.05, 4.69) is 61.1 Å².